The molecule has 0 bridgehead atoms. The second kappa shape index (κ2) is 8.27. The van der Waals surface area contributed by atoms with E-state index >= 15 is 0 Å². The molecule has 0 saturated carbocycles. The molecule has 0 atom stereocenters. The molecule has 19 heavy (non-hydrogen) atoms. The Bertz CT molecular complexity index is 437. The van der Waals surface area contributed by atoms with E-state index in [4.69, 9.17) is 0 Å². The molecular formula is C16H21NO2. The minimum absolute atomic E-state index is 0.333. The van der Waals surface area contributed by atoms with Crippen molar-refractivity contribution in [2.45, 2.75) is 13.0 Å². The predicted octanol–water partition coefficient (Wildman–Crippen LogP) is 2.79. The monoisotopic (exact) mass is 259 g/mol. The Morgan fingerprint density at radius 1 is 1.37 bits per heavy atom. The van der Waals surface area contributed by atoms with E-state index in [0.29, 0.717) is 5.57 Å². The topological polar surface area (TPSA) is 29.5 Å². The zero-order valence-electron chi connectivity index (χ0n) is 11.6. The molecule has 0 heterocycles. The maximum Gasteiger partial charge on any atom is 0.337 e. The lowest BCUT2D eigenvalue weighted by Crippen LogP contribution is -2.18. The van der Waals surface area contributed by atoms with Gasteiger partial charge in [-0.3, -0.25) is 0 Å². The van der Waals surface area contributed by atoms with Crippen LogP contribution in [-0.4, -0.2) is 31.6 Å². The molecule has 0 aliphatic heterocycles. The lowest BCUT2D eigenvalue weighted by Gasteiger charge is -2.15. The summed E-state index contributed by atoms with van der Waals surface area (Å²) in [6, 6.07) is 10.3. The average molecular weight is 259 g/mol. The number of carbonyl (C=O) groups is 1. The second-order valence-electron chi connectivity index (χ2n) is 4.37. The van der Waals surface area contributed by atoms with E-state index in [-0.39, 0.29) is 5.97 Å². The molecule has 0 amide bonds. The molecule has 0 spiro atoms. The molecule has 0 fully saturated rings. The molecule has 0 radical (unpaired) electrons. The molecule has 1 rings (SSSR count). The standard InChI is InChI=1S/C16H21NO2/c1-4-15(16(18)19-3)11-8-12-17(2)13-14-9-6-5-7-10-14/h4-7,9-11H,1,8,12-13H2,2-3H3/b15-11-. The van der Waals surface area contributed by atoms with Crippen molar-refractivity contribution in [3.05, 3.63) is 60.2 Å². The lowest BCUT2D eigenvalue weighted by atomic mass is 10.2. The first-order valence-electron chi connectivity index (χ1n) is 6.30. The van der Waals surface area contributed by atoms with Crippen LogP contribution in [0.15, 0.2) is 54.6 Å². The van der Waals surface area contributed by atoms with Gasteiger partial charge in [0.05, 0.1) is 12.7 Å². The van der Waals surface area contributed by atoms with Crippen molar-refractivity contribution in [2.24, 2.45) is 0 Å². The third-order valence-corrected chi connectivity index (χ3v) is 2.81. The Balaban J connectivity index is 2.42. The number of nitrogens with zero attached hydrogens (tertiary/aromatic N) is 1. The Hall–Kier alpha value is -1.87. The SMILES string of the molecule is C=C/C(=C/CCN(C)Cc1ccccc1)C(=O)OC. The highest BCUT2D eigenvalue weighted by molar-refractivity contribution is 5.91. The fourth-order valence-electron chi connectivity index (χ4n) is 1.78. The number of methoxy groups -OCH3 is 1. The highest BCUT2D eigenvalue weighted by atomic mass is 16.5. The molecule has 0 aromatic heterocycles. The van der Waals surface area contributed by atoms with Gasteiger partial charge < -0.3 is 9.64 Å². The molecule has 0 aliphatic carbocycles. The number of hydrogen-bond acceptors (Lipinski definition) is 3. The van der Waals surface area contributed by atoms with Gasteiger partial charge in [0.2, 0.25) is 0 Å². The van der Waals surface area contributed by atoms with E-state index in [1.165, 1.54) is 18.7 Å². The minimum atomic E-state index is -0.333. The van der Waals surface area contributed by atoms with Gasteiger partial charge in [0.25, 0.3) is 0 Å². The van der Waals surface area contributed by atoms with Crippen molar-refractivity contribution in [3.63, 3.8) is 0 Å². The zero-order chi connectivity index (χ0) is 14.1. The van der Waals surface area contributed by atoms with E-state index in [1.54, 1.807) is 0 Å². The molecule has 1 aromatic carbocycles. The first-order valence-corrected chi connectivity index (χ1v) is 6.30. The van der Waals surface area contributed by atoms with Gasteiger partial charge in [-0.25, -0.2) is 4.79 Å². The van der Waals surface area contributed by atoms with Crippen LogP contribution in [-0.2, 0) is 16.1 Å². The molecule has 102 valence electrons. The summed E-state index contributed by atoms with van der Waals surface area (Å²) in [5.41, 5.74) is 1.81. The molecule has 3 nitrogen and oxygen atoms in total. The predicted molar refractivity (Wildman–Crippen MR) is 77.7 cm³/mol. The highest BCUT2D eigenvalue weighted by Gasteiger charge is 2.04. The van der Waals surface area contributed by atoms with Crippen molar-refractivity contribution >= 4 is 5.97 Å². The molecule has 0 unspecified atom stereocenters. The van der Waals surface area contributed by atoms with E-state index < -0.39 is 0 Å². The zero-order valence-corrected chi connectivity index (χ0v) is 11.6. The Kier molecular flexibility index (Phi) is 6.61. The van der Waals surface area contributed by atoms with Crippen LogP contribution in [0.25, 0.3) is 0 Å². The Labute approximate surface area is 115 Å². The smallest absolute Gasteiger partial charge is 0.337 e. The third-order valence-electron chi connectivity index (χ3n) is 2.81. The van der Waals surface area contributed by atoms with E-state index in [1.807, 2.05) is 24.3 Å². The molecule has 1 aromatic rings. The maximum absolute atomic E-state index is 11.3. The maximum atomic E-state index is 11.3. The van der Waals surface area contributed by atoms with Crippen LogP contribution in [0.5, 0.6) is 0 Å². The fraction of sp³-hybridized carbons (Fsp3) is 0.312. The summed E-state index contributed by atoms with van der Waals surface area (Å²) in [5, 5.41) is 0. The van der Waals surface area contributed by atoms with Crippen molar-refractivity contribution in [3.8, 4) is 0 Å². The van der Waals surface area contributed by atoms with Crippen LogP contribution in [0.4, 0.5) is 0 Å². The van der Waals surface area contributed by atoms with E-state index in [0.717, 1.165) is 19.5 Å². The van der Waals surface area contributed by atoms with Crippen molar-refractivity contribution in [2.75, 3.05) is 20.7 Å². The summed E-state index contributed by atoms with van der Waals surface area (Å²) >= 11 is 0. The van der Waals surface area contributed by atoms with Gasteiger partial charge in [0.1, 0.15) is 0 Å². The first-order chi connectivity index (χ1) is 9.17. The number of esters is 1. The number of ether oxygens (including phenoxy) is 1. The average Bonchev–Trinajstić information content (AvgIpc) is 2.44. The largest absolute Gasteiger partial charge is 0.465 e. The molecular weight excluding hydrogens is 238 g/mol. The van der Waals surface area contributed by atoms with Gasteiger partial charge in [-0.2, -0.15) is 0 Å². The summed E-state index contributed by atoms with van der Waals surface area (Å²) in [7, 11) is 3.44. The van der Waals surface area contributed by atoms with Gasteiger partial charge in [-0.15, -0.1) is 0 Å². The van der Waals surface area contributed by atoms with Crippen LogP contribution in [0, 0.1) is 0 Å². The van der Waals surface area contributed by atoms with Crippen molar-refractivity contribution < 1.29 is 9.53 Å². The third kappa shape index (κ3) is 5.53. The highest BCUT2D eigenvalue weighted by Crippen LogP contribution is 2.05. The fourth-order valence-corrected chi connectivity index (χ4v) is 1.78. The summed E-state index contributed by atoms with van der Waals surface area (Å²) in [6.07, 6.45) is 4.18. The van der Waals surface area contributed by atoms with Gasteiger partial charge in [0, 0.05) is 13.1 Å². The summed E-state index contributed by atoms with van der Waals surface area (Å²) in [4.78, 5) is 13.5. The first kappa shape index (κ1) is 15.2. The van der Waals surface area contributed by atoms with E-state index in [2.05, 4.69) is 35.4 Å². The quantitative estimate of drug-likeness (QED) is 0.428. The number of rotatable bonds is 7. The molecule has 0 aliphatic rings. The van der Waals surface area contributed by atoms with Crippen LogP contribution in [0.2, 0.25) is 0 Å². The normalized spacial score (nSPS) is 11.4. The number of carbonyl (C=O) groups excluding carboxylic acids is 1. The Morgan fingerprint density at radius 2 is 2.05 bits per heavy atom. The summed E-state index contributed by atoms with van der Waals surface area (Å²) in [5.74, 6) is -0.333. The van der Waals surface area contributed by atoms with Crippen LogP contribution >= 0.6 is 0 Å². The summed E-state index contributed by atoms with van der Waals surface area (Å²) in [6.45, 7) is 5.39. The summed E-state index contributed by atoms with van der Waals surface area (Å²) < 4.78 is 4.66. The van der Waals surface area contributed by atoms with Crippen molar-refractivity contribution in [1.82, 2.24) is 4.90 Å². The van der Waals surface area contributed by atoms with Crippen LogP contribution in [0.3, 0.4) is 0 Å². The van der Waals surface area contributed by atoms with Gasteiger partial charge in [-0.05, 0) is 19.0 Å². The minimum Gasteiger partial charge on any atom is -0.465 e. The van der Waals surface area contributed by atoms with Crippen molar-refractivity contribution in [1.29, 1.82) is 0 Å². The number of benzene rings is 1. The number of hydrogen-bond donors (Lipinski definition) is 0. The molecule has 0 N–H and O–H groups in total. The lowest BCUT2D eigenvalue weighted by molar-refractivity contribution is -0.135. The van der Waals surface area contributed by atoms with Crippen LogP contribution < -0.4 is 0 Å². The van der Waals surface area contributed by atoms with Gasteiger partial charge >= 0.3 is 5.97 Å². The molecule has 0 saturated heterocycles. The van der Waals surface area contributed by atoms with Crippen LogP contribution in [0.1, 0.15) is 12.0 Å². The Morgan fingerprint density at radius 3 is 2.63 bits per heavy atom. The second-order valence-corrected chi connectivity index (χ2v) is 4.37. The van der Waals surface area contributed by atoms with E-state index in [9.17, 15) is 4.79 Å². The van der Waals surface area contributed by atoms with Gasteiger partial charge in [-0.1, -0.05) is 49.1 Å². The molecule has 3 heteroatoms. The van der Waals surface area contributed by atoms with Gasteiger partial charge in [0.15, 0.2) is 0 Å².